The van der Waals surface area contributed by atoms with E-state index in [-0.39, 0.29) is 5.92 Å². The summed E-state index contributed by atoms with van der Waals surface area (Å²) in [6.45, 7) is 9.85. The Balaban J connectivity index is 1.57. The van der Waals surface area contributed by atoms with Crippen molar-refractivity contribution in [2.75, 3.05) is 31.1 Å². The normalized spacial score (nSPS) is 16.0. The molecule has 1 atom stereocenters. The molecule has 158 valence electrons. The Morgan fingerprint density at radius 3 is 2.66 bits per heavy atom. The lowest BCUT2D eigenvalue weighted by molar-refractivity contribution is -0.135. The minimum absolute atomic E-state index is 0.184. The third kappa shape index (κ3) is 6.01. The number of hydrogen-bond donors (Lipinski definition) is 0. The van der Waals surface area contributed by atoms with Gasteiger partial charge in [-0.25, -0.2) is 4.98 Å². The molecule has 5 nitrogen and oxygen atoms in total. The van der Waals surface area contributed by atoms with E-state index in [1.54, 1.807) is 0 Å². The predicted molar refractivity (Wildman–Crippen MR) is 121 cm³/mol. The maximum atomic E-state index is 12.9. The van der Waals surface area contributed by atoms with Crippen LogP contribution < -0.4 is 4.90 Å². The predicted octanol–water partition coefficient (Wildman–Crippen LogP) is 4.69. The summed E-state index contributed by atoms with van der Waals surface area (Å²) in [5.74, 6) is 1.42. The van der Waals surface area contributed by atoms with Gasteiger partial charge >= 0.3 is 0 Å². The average molecular weight is 415 g/mol. The molecule has 0 radical (unpaired) electrons. The average Bonchev–Trinajstić information content (AvgIpc) is 3.05. The van der Waals surface area contributed by atoms with Crippen LogP contribution in [0.3, 0.4) is 0 Å². The van der Waals surface area contributed by atoms with Gasteiger partial charge < -0.3 is 9.80 Å². The maximum Gasteiger partial charge on any atom is 0.225 e. The number of nitrogens with zero attached hydrogens (tertiary/aromatic N) is 4. The van der Waals surface area contributed by atoms with Crippen molar-refractivity contribution < 1.29 is 4.79 Å². The molecule has 1 amide bonds. The molecule has 0 aliphatic carbocycles. The highest BCUT2D eigenvalue weighted by atomic mass is 32.1. The van der Waals surface area contributed by atoms with Gasteiger partial charge in [-0.2, -0.15) is 4.37 Å². The molecule has 0 unspecified atom stereocenters. The Morgan fingerprint density at radius 2 is 1.93 bits per heavy atom. The largest absolute Gasteiger partial charge is 0.345 e. The van der Waals surface area contributed by atoms with Crippen molar-refractivity contribution in [3.05, 3.63) is 41.2 Å². The molecule has 0 N–H and O–H groups in total. The van der Waals surface area contributed by atoms with Crippen molar-refractivity contribution in [2.45, 2.75) is 59.3 Å². The second kappa shape index (κ2) is 10.7. The van der Waals surface area contributed by atoms with E-state index in [0.717, 1.165) is 75.7 Å². The molecule has 1 saturated heterocycles. The molecule has 1 fully saturated rings. The summed E-state index contributed by atoms with van der Waals surface area (Å²) in [5.41, 5.74) is 2.51. The summed E-state index contributed by atoms with van der Waals surface area (Å²) in [5, 5.41) is 0.986. The van der Waals surface area contributed by atoms with E-state index < -0.39 is 0 Å². The van der Waals surface area contributed by atoms with Crippen molar-refractivity contribution in [3.8, 4) is 0 Å². The lowest BCUT2D eigenvalue weighted by Gasteiger charge is -2.25. The smallest absolute Gasteiger partial charge is 0.225 e. The first kappa shape index (κ1) is 21.8. The molecule has 0 bridgehead atoms. The molecule has 3 rings (SSSR count). The highest BCUT2D eigenvalue weighted by Gasteiger charge is 2.25. The van der Waals surface area contributed by atoms with Crippen LogP contribution in [0.4, 0.5) is 5.13 Å². The van der Waals surface area contributed by atoms with Crippen LogP contribution in [0.5, 0.6) is 0 Å². The van der Waals surface area contributed by atoms with Gasteiger partial charge in [-0.3, -0.25) is 4.79 Å². The van der Waals surface area contributed by atoms with E-state index in [4.69, 9.17) is 4.98 Å². The highest BCUT2D eigenvalue weighted by Crippen LogP contribution is 2.22. The van der Waals surface area contributed by atoms with Gasteiger partial charge in [0.1, 0.15) is 5.82 Å². The quantitative estimate of drug-likeness (QED) is 0.629. The first-order chi connectivity index (χ1) is 14.1. The summed E-state index contributed by atoms with van der Waals surface area (Å²) < 4.78 is 4.58. The van der Waals surface area contributed by atoms with E-state index in [1.807, 2.05) is 0 Å². The van der Waals surface area contributed by atoms with Crippen molar-refractivity contribution in [2.24, 2.45) is 5.92 Å². The molecule has 0 spiro atoms. The Bertz CT molecular complexity index is 773. The molecular weight excluding hydrogens is 380 g/mol. The standard InChI is InChI=1S/C23H34N4OS/c1-4-6-8-20(5-2)22(28)26-13-7-14-27(16-15-26)23-24-21(25-29-23)17-19-11-9-18(3)10-12-19/h9-12,20H,4-8,13-17H2,1-3H3/t20-/m1/s1. The molecule has 1 aromatic heterocycles. The molecule has 2 aromatic rings. The number of rotatable bonds is 8. The Kier molecular flexibility index (Phi) is 8.04. The van der Waals surface area contributed by atoms with Crippen LogP contribution in [0.1, 0.15) is 62.9 Å². The van der Waals surface area contributed by atoms with Crippen molar-refractivity contribution in [1.82, 2.24) is 14.3 Å². The van der Waals surface area contributed by atoms with E-state index >= 15 is 0 Å². The van der Waals surface area contributed by atoms with Crippen molar-refractivity contribution >= 4 is 22.6 Å². The van der Waals surface area contributed by atoms with Crippen molar-refractivity contribution in [1.29, 1.82) is 0 Å². The van der Waals surface area contributed by atoms with Gasteiger partial charge in [0.05, 0.1) is 0 Å². The van der Waals surface area contributed by atoms with Crippen LogP contribution >= 0.6 is 11.5 Å². The summed E-state index contributed by atoms with van der Waals surface area (Å²) >= 11 is 1.48. The number of hydrogen-bond acceptors (Lipinski definition) is 5. The number of carbonyl (C=O) groups excluding carboxylic acids is 1. The monoisotopic (exact) mass is 414 g/mol. The van der Waals surface area contributed by atoms with Crippen LogP contribution in [-0.2, 0) is 11.2 Å². The van der Waals surface area contributed by atoms with Crippen LogP contribution in [0.2, 0.25) is 0 Å². The summed E-state index contributed by atoms with van der Waals surface area (Å²) in [7, 11) is 0. The number of anilines is 1. The van der Waals surface area contributed by atoms with Crippen LogP contribution in [0.15, 0.2) is 24.3 Å². The van der Waals surface area contributed by atoms with Gasteiger partial charge in [0.15, 0.2) is 0 Å². The first-order valence-corrected chi connectivity index (χ1v) is 11.8. The Morgan fingerprint density at radius 1 is 1.14 bits per heavy atom. The molecule has 1 aromatic carbocycles. The minimum atomic E-state index is 0.184. The number of benzene rings is 1. The second-order valence-electron chi connectivity index (χ2n) is 8.07. The number of aromatic nitrogens is 2. The third-order valence-electron chi connectivity index (χ3n) is 5.77. The lowest BCUT2D eigenvalue weighted by Crippen LogP contribution is -2.39. The zero-order valence-electron chi connectivity index (χ0n) is 18.1. The number of unbranched alkanes of at least 4 members (excludes halogenated alkanes) is 1. The summed E-state index contributed by atoms with van der Waals surface area (Å²) in [4.78, 5) is 22.1. The van der Waals surface area contributed by atoms with E-state index in [2.05, 4.69) is 59.2 Å². The van der Waals surface area contributed by atoms with E-state index in [1.165, 1.54) is 22.7 Å². The van der Waals surface area contributed by atoms with Gasteiger partial charge in [-0.1, -0.05) is 56.5 Å². The van der Waals surface area contributed by atoms with E-state index in [9.17, 15) is 4.79 Å². The third-order valence-corrected chi connectivity index (χ3v) is 6.58. The zero-order chi connectivity index (χ0) is 20.6. The molecule has 6 heteroatoms. The van der Waals surface area contributed by atoms with Gasteiger partial charge in [0.25, 0.3) is 0 Å². The second-order valence-corrected chi connectivity index (χ2v) is 8.80. The zero-order valence-corrected chi connectivity index (χ0v) is 18.9. The van der Waals surface area contributed by atoms with Gasteiger partial charge in [-0.15, -0.1) is 0 Å². The van der Waals surface area contributed by atoms with Crippen LogP contribution in [0, 0.1) is 12.8 Å². The lowest BCUT2D eigenvalue weighted by atomic mass is 9.97. The summed E-state index contributed by atoms with van der Waals surface area (Å²) in [6, 6.07) is 8.56. The number of carbonyl (C=O) groups is 1. The summed E-state index contributed by atoms with van der Waals surface area (Å²) in [6.07, 6.45) is 6.01. The fourth-order valence-corrected chi connectivity index (χ4v) is 4.61. The maximum absolute atomic E-state index is 12.9. The molecule has 1 aliphatic heterocycles. The minimum Gasteiger partial charge on any atom is -0.345 e. The first-order valence-electron chi connectivity index (χ1n) is 11.0. The van der Waals surface area contributed by atoms with Gasteiger partial charge in [-0.05, 0) is 31.7 Å². The van der Waals surface area contributed by atoms with Crippen LogP contribution in [0.25, 0.3) is 0 Å². The topological polar surface area (TPSA) is 49.3 Å². The molecule has 1 aliphatic rings. The van der Waals surface area contributed by atoms with Crippen molar-refractivity contribution in [3.63, 3.8) is 0 Å². The van der Waals surface area contributed by atoms with Crippen LogP contribution in [-0.4, -0.2) is 46.3 Å². The fourth-order valence-electron chi connectivity index (χ4n) is 3.87. The SMILES string of the molecule is CCCC[C@@H](CC)C(=O)N1CCCN(c2nc(Cc3ccc(C)cc3)ns2)CC1. The highest BCUT2D eigenvalue weighted by molar-refractivity contribution is 7.09. The molecular formula is C23H34N4OS. The Labute approximate surface area is 179 Å². The fraction of sp³-hybridized carbons (Fsp3) is 0.609. The number of amides is 1. The molecule has 29 heavy (non-hydrogen) atoms. The van der Waals surface area contributed by atoms with E-state index in [0.29, 0.717) is 5.91 Å². The van der Waals surface area contributed by atoms with Gasteiger partial charge in [0.2, 0.25) is 11.0 Å². The van der Waals surface area contributed by atoms with Gasteiger partial charge in [0, 0.05) is 50.1 Å². The molecule has 0 saturated carbocycles. The number of aryl methyl sites for hydroxylation is 1. The molecule has 2 heterocycles. The Hall–Kier alpha value is -1.95.